The third-order valence-electron chi connectivity index (χ3n) is 11.2. The number of amides is 1. The number of hydrogen-bond donors (Lipinski definition) is 2. The Hall–Kier alpha value is -4.75. The molecule has 6 aromatic rings. The van der Waals surface area contributed by atoms with Crippen LogP contribution < -0.4 is 9.64 Å². The van der Waals surface area contributed by atoms with E-state index in [1.807, 2.05) is 56.6 Å². The van der Waals surface area contributed by atoms with E-state index in [1.54, 1.807) is 16.5 Å². The molecule has 0 bridgehead atoms. The maximum atomic E-state index is 15.2. The lowest BCUT2D eigenvalue weighted by Crippen LogP contribution is -2.43. The molecule has 0 radical (unpaired) electrons. The second kappa shape index (κ2) is 15.8. The summed E-state index contributed by atoms with van der Waals surface area (Å²) in [5, 5.41) is 28.4. The van der Waals surface area contributed by atoms with E-state index in [2.05, 4.69) is 31.1 Å². The first kappa shape index (κ1) is 41.4. The van der Waals surface area contributed by atoms with Gasteiger partial charge in [0.05, 0.1) is 34.0 Å². The smallest absolute Gasteiger partial charge is 0.352 e. The number of ether oxygens (including phenoxy) is 2. The number of rotatable bonds is 13. The highest BCUT2D eigenvalue weighted by Crippen LogP contribution is 2.46. The number of carbonyl (C=O) groups excluding carboxylic acids is 1. The van der Waals surface area contributed by atoms with Crippen molar-refractivity contribution in [3.05, 3.63) is 92.0 Å². The molecule has 14 heteroatoms. The molecule has 0 aliphatic carbocycles. The van der Waals surface area contributed by atoms with Gasteiger partial charge < -0.3 is 33.7 Å². The van der Waals surface area contributed by atoms with Crippen molar-refractivity contribution in [2.75, 3.05) is 24.7 Å². The quantitative estimate of drug-likeness (QED) is 0.0876. The number of phenols is 1. The minimum atomic E-state index is -1.27. The van der Waals surface area contributed by atoms with E-state index >= 15 is 4.79 Å². The van der Waals surface area contributed by atoms with Gasteiger partial charge in [-0.2, -0.15) is 5.10 Å². The molecule has 1 aliphatic rings. The van der Waals surface area contributed by atoms with Crippen LogP contribution in [0.3, 0.4) is 0 Å². The molecule has 4 heterocycles. The van der Waals surface area contributed by atoms with Gasteiger partial charge in [0.2, 0.25) is 0 Å². The molecule has 0 unspecified atom stereocenters. The number of aromatic nitrogens is 4. The molecule has 306 valence electrons. The Morgan fingerprint density at radius 1 is 0.983 bits per heavy atom. The zero-order valence-electron chi connectivity index (χ0n) is 34.6. The van der Waals surface area contributed by atoms with Gasteiger partial charge >= 0.3 is 5.97 Å². The number of aromatic hydroxyl groups is 1. The number of benzene rings is 3. The van der Waals surface area contributed by atoms with E-state index in [4.69, 9.17) is 37.8 Å². The number of nitrogens with zero attached hydrogens (tertiary/aromatic N) is 5. The number of carboxylic acids is 1. The number of anilines is 1. The van der Waals surface area contributed by atoms with Crippen LogP contribution in [0, 0.1) is 27.7 Å². The average molecular weight is 845 g/mol. The Morgan fingerprint density at radius 3 is 2.36 bits per heavy atom. The van der Waals surface area contributed by atoms with Gasteiger partial charge in [0.15, 0.2) is 0 Å². The molecule has 7 rings (SSSR count). The molecule has 2 N–H and O–H groups in total. The van der Waals surface area contributed by atoms with E-state index in [0.29, 0.717) is 60.1 Å². The molecule has 58 heavy (non-hydrogen) atoms. The molecule has 0 saturated heterocycles. The first-order chi connectivity index (χ1) is 27.4. The highest BCUT2D eigenvalue weighted by Gasteiger charge is 2.38. The Balaban J connectivity index is 1.36. The summed E-state index contributed by atoms with van der Waals surface area (Å²) in [6.45, 7) is 18.6. The van der Waals surface area contributed by atoms with Crippen LogP contribution in [0.2, 0.25) is 35.7 Å². The summed E-state index contributed by atoms with van der Waals surface area (Å²) in [5.74, 6) is -0.700. The lowest BCUT2D eigenvalue weighted by molar-refractivity contribution is 0.0686. The van der Waals surface area contributed by atoms with Gasteiger partial charge in [0, 0.05) is 73.0 Å². The minimum absolute atomic E-state index is 0.0484. The number of carbonyl (C=O) groups is 2. The highest BCUT2D eigenvalue weighted by atomic mass is 35.5. The van der Waals surface area contributed by atoms with Crippen LogP contribution in [0.5, 0.6) is 11.5 Å². The van der Waals surface area contributed by atoms with Crippen molar-refractivity contribution in [1.29, 1.82) is 0 Å². The van der Waals surface area contributed by atoms with Crippen molar-refractivity contribution in [1.82, 2.24) is 18.9 Å². The number of halogens is 2. The summed E-state index contributed by atoms with van der Waals surface area (Å²) < 4.78 is 17.9. The summed E-state index contributed by atoms with van der Waals surface area (Å²) >= 11 is 13.6. The van der Waals surface area contributed by atoms with Crippen molar-refractivity contribution in [3.8, 4) is 22.6 Å². The van der Waals surface area contributed by atoms with Crippen molar-refractivity contribution < 1.29 is 29.3 Å². The average Bonchev–Trinajstić information content (AvgIpc) is 3.76. The van der Waals surface area contributed by atoms with Crippen LogP contribution in [0.15, 0.2) is 42.5 Å². The molecule has 0 saturated carbocycles. The lowest BCUT2D eigenvalue weighted by Gasteiger charge is -2.35. The number of fused-ring (bicyclic) bond motifs is 4. The Morgan fingerprint density at radius 2 is 1.69 bits per heavy atom. The normalized spacial score (nSPS) is 14.6. The van der Waals surface area contributed by atoms with E-state index in [-0.39, 0.29) is 29.9 Å². The topological polar surface area (TPSA) is 124 Å². The van der Waals surface area contributed by atoms with Crippen LogP contribution in [0.4, 0.5) is 5.69 Å². The number of aryl methyl sites for hydroxylation is 5. The summed E-state index contributed by atoms with van der Waals surface area (Å²) in [4.78, 5) is 29.0. The van der Waals surface area contributed by atoms with Gasteiger partial charge in [0.25, 0.3) is 5.91 Å². The van der Waals surface area contributed by atoms with Crippen LogP contribution in [0.1, 0.15) is 68.4 Å². The Bertz CT molecular complexity index is 2600. The minimum Gasteiger partial charge on any atom is -0.508 e. The highest BCUT2D eigenvalue weighted by molar-refractivity contribution is 6.76. The molecule has 3 aromatic carbocycles. The van der Waals surface area contributed by atoms with Crippen LogP contribution >= 0.6 is 23.2 Å². The third kappa shape index (κ3) is 7.51. The van der Waals surface area contributed by atoms with Crippen molar-refractivity contribution >= 4 is 70.6 Å². The number of aromatic carboxylic acids is 1. The predicted octanol–water partition coefficient (Wildman–Crippen LogP) is 10.5. The maximum Gasteiger partial charge on any atom is 0.352 e. The second-order valence-corrected chi connectivity index (χ2v) is 23.2. The molecule has 1 amide bonds. The van der Waals surface area contributed by atoms with Crippen LogP contribution in [-0.2, 0) is 24.9 Å². The van der Waals surface area contributed by atoms with Gasteiger partial charge in [-0.3, -0.25) is 4.79 Å². The van der Waals surface area contributed by atoms with E-state index in [1.165, 1.54) is 18.2 Å². The largest absolute Gasteiger partial charge is 0.508 e. The molecule has 1 atom stereocenters. The van der Waals surface area contributed by atoms with E-state index < -0.39 is 14.0 Å². The van der Waals surface area contributed by atoms with Gasteiger partial charge in [-0.05, 0) is 101 Å². The summed E-state index contributed by atoms with van der Waals surface area (Å²) in [7, 11) is 0.388. The maximum absolute atomic E-state index is 15.2. The first-order valence-electron chi connectivity index (χ1n) is 19.6. The number of phenolic OH excluding ortho intramolecular Hbond substituents is 1. The van der Waals surface area contributed by atoms with Crippen LogP contribution in [0.25, 0.3) is 32.9 Å². The third-order valence-corrected chi connectivity index (χ3v) is 13.9. The molecule has 1 aliphatic heterocycles. The van der Waals surface area contributed by atoms with Crippen molar-refractivity contribution in [2.45, 2.75) is 85.9 Å². The molecule has 11 nitrogen and oxygen atoms in total. The molecular formula is C44H51Cl2N5O6Si. The summed E-state index contributed by atoms with van der Waals surface area (Å²) in [6, 6.07) is 13.1. The SMILES string of the molecule is Cc1cc(OCCCc2c3n(c4c(-c5c(C)nn(COCC[Si](C)(C)C)c5C)c(Cl)ccc24)[C@H](C)CN(c2cc(O)cc4cc(C(=O)O)n(C)c24)C3=O)cc(C)c1Cl. The second-order valence-electron chi connectivity index (χ2n) is 16.8. The first-order valence-corrected chi connectivity index (χ1v) is 24.1. The van der Waals surface area contributed by atoms with Crippen molar-refractivity contribution in [2.24, 2.45) is 7.05 Å². The lowest BCUT2D eigenvalue weighted by atomic mass is 9.98. The fourth-order valence-electron chi connectivity index (χ4n) is 8.39. The molecule has 3 aromatic heterocycles. The van der Waals surface area contributed by atoms with Gasteiger partial charge in [-0.15, -0.1) is 0 Å². The monoisotopic (exact) mass is 843 g/mol. The molecular weight excluding hydrogens is 794 g/mol. The zero-order valence-corrected chi connectivity index (χ0v) is 37.1. The van der Waals surface area contributed by atoms with Gasteiger partial charge in [-0.1, -0.05) is 48.9 Å². The number of hydrogen-bond acceptors (Lipinski definition) is 6. The van der Waals surface area contributed by atoms with E-state index in [9.17, 15) is 15.0 Å². The van der Waals surface area contributed by atoms with Gasteiger partial charge in [-0.25, -0.2) is 9.48 Å². The molecule has 0 spiro atoms. The fourth-order valence-corrected chi connectivity index (χ4v) is 9.50. The number of carboxylic acid groups (broad SMARTS) is 1. The van der Waals surface area contributed by atoms with Gasteiger partial charge in [0.1, 0.15) is 29.6 Å². The molecule has 0 fully saturated rings. The van der Waals surface area contributed by atoms with E-state index in [0.717, 1.165) is 66.9 Å². The Kier molecular flexibility index (Phi) is 11.3. The predicted molar refractivity (Wildman–Crippen MR) is 234 cm³/mol. The van der Waals surface area contributed by atoms with Crippen molar-refractivity contribution in [3.63, 3.8) is 0 Å². The summed E-state index contributed by atoms with van der Waals surface area (Å²) in [6.07, 6.45) is 1.12. The zero-order chi connectivity index (χ0) is 42.0. The standard InChI is InChI=1S/C44H51Cl2N5O6Si/c1-24-17-31(18-25(2)39(24)46)57-14-10-11-32-33-12-13-34(45)38(37-27(4)47-50(28(37)5)23-56-15-16-58(7,8)9)41(33)51-26(3)22-49(43(53)42(32)51)35-21-30(52)19-29-20-36(44(54)55)48(6)40(29)35/h12-13,17-21,26,52H,10-11,14-16,22-23H2,1-9H3,(H,54,55)/t26-/m1/s1. The fraction of sp³-hybridized carbons (Fsp3) is 0.386. The Labute approximate surface area is 349 Å². The summed E-state index contributed by atoms with van der Waals surface area (Å²) in [5.41, 5.74) is 8.53. The van der Waals surface area contributed by atoms with Crippen LogP contribution in [-0.4, -0.2) is 68.8 Å².